The molecule has 2 aliphatic heterocycles. The molecular formula is C14H24N2O3. The van der Waals surface area contributed by atoms with Gasteiger partial charge in [-0.2, -0.15) is 0 Å². The molecule has 5 nitrogen and oxygen atoms in total. The predicted octanol–water partition coefficient (Wildman–Crippen LogP) is 1.77. The van der Waals surface area contributed by atoms with Crippen molar-refractivity contribution in [2.75, 3.05) is 19.6 Å². The smallest absolute Gasteiger partial charge is 0.410 e. The fraction of sp³-hybridized carbons (Fsp3) is 0.857. The average Bonchev–Trinajstić information content (AvgIpc) is 2.73. The fourth-order valence-electron chi connectivity index (χ4n) is 2.87. The van der Waals surface area contributed by atoms with Crippen LogP contribution in [0.2, 0.25) is 0 Å². The van der Waals surface area contributed by atoms with Crippen molar-refractivity contribution in [3.63, 3.8) is 0 Å². The minimum absolute atomic E-state index is 0.154. The van der Waals surface area contributed by atoms with E-state index in [2.05, 4.69) is 5.32 Å². The third-order valence-electron chi connectivity index (χ3n) is 3.85. The van der Waals surface area contributed by atoms with Crippen LogP contribution in [0.15, 0.2) is 0 Å². The zero-order valence-corrected chi connectivity index (χ0v) is 12.1. The van der Waals surface area contributed by atoms with Gasteiger partial charge >= 0.3 is 6.09 Å². The van der Waals surface area contributed by atoms with E-state index in [9.17, 15) is 9.59 Å². The Morgan fingerprint density at radius 1 is 1.26 bits per heavy atom. The van der Waals surface area contributed by atoms with Crippen molar-refractivity contribution in [1.82, 2.24) is 10.2 Å². The molecule has 0 aromatic heterocycles. The van der Waals surface area contributed by atoms with Crippen molar-refractivity contribution in [2.45, 2.75) is 45.6 Å². The molecule has 2 saturated heterocycles. The van der Waals surface area contributed by atoms with Crippen LogP contribution < -0.4 is 5.32 Å². The van der Waals surface area contributed by atoms with Gasteiger partial charge in [0.2, 0.25) is 5.91 Å². The first-order valence-corrected chi connectivity index (χ1v) is 7.12. The van der Waals surface area contributed by atoms with E-state index in [1.54, 1.807) is 4.90 Å². The molecule has 1 atom stereocenters. The summed E-state index contributed by atoms with van der Waals surface area (Å²) in [5, 5.41) is 2.89. The molecule has 5 heteroatoms. The second kappa shape index (κ2) is 5.39. The summed E-state index contributed by atoms with van der Waals surface area (Å²) in [6.07, 6.45) is 2.51. The quantitative estimate of drug-likeness (QED) is 0.788. The zero-order chi connectivity index (χ0) is 14.0. The number of rotatable bonds is 1. The van der Waals surface area contributed by atoms with Gasteiger partial charge in [0.25, 0.3) is 0 Å². The van der Waals surface area contributed by atoms with Crippen LogP contribution in [0, 0.1) is 11.8 Å². The summed E-state index contributed by atoms with van der Waals surface area (Å²) in [7, 11) is 0. The van der Waals surface area contributed by atoms with Crippen LogP contribution in [-0.4, -0.2) is 42.1 Å². The lowest BCUT2D eigenvalue weighted by atomic mass is 9.83. The standard InChI is InChI=1S/C14H24N2O3/c1-14(2,3)19-13(18)16-8-5-10(6-9-16)11-4-7-15-12(11)17/h10-11H,4-9H2,1-3H3,(H,15,17). The third kappa shape index (κ3) is 3.61. The van der Waals surface area contributed by atoms with Crippen LogP contribution in [0.25, 0.3) is 0 Å². The third-order valence-corrected chi connectivity index (χ3v) is 3.85. The molecule has 2 heterocycles. The molecule has 2 amide bonds. The van der Waals surface area contributed by atoms with Crippen molar-refractivity contribution in [2.24, 2.45) is 11.8 Å². The summed E-state index contributed by atoms with van der Waals surface area (Å²) < 4.78 is 5.37. The second-order valence-corrected chi connectivity index (χ2v) is 6.49. The highest BCUT2D eigenvalue weighted by Crippen LogP contribution is 2.30. The van der Waals surface area contributed by atoms with Gasteiger partial charge in [0.1, 0.15) is 5.60 Å². The summed E-state index contributed by atoms with van der Waals surface area (Å²) in [6.45, 7) is 7.82. The maximum absolute atomic E-state index is 11.9. The van der Waals surface area contributed by atoms with Gasteiger partial charge in [-0.25, -0.2) is 4.79 Å². The molecule has 0 aromatic carbocycles. The minimum atomic E-state index is -0.445. The first kappa shape index (κ1) is 14.2. The molecule has 0 saturated carbocycles. The van der Waals surface area contributed by atoms with Gasteiger partial charge in [0, 0.05) is 25.6 Å². The number of nitrogens with zero attached hydrogens (tertiary/aromatic N) is 1. The topological polar surface area (TPSA) is 58.6 Å². The van der Waals surface area contributed by atoms with E-state index >= 15 is 0 Å². The molecular weight excluding hydrogens is 244 g/mol. The lowest BCUT2D eigenvalue weighted by Gasteiger charge is -2.34. The van der Waals surface area contributed by atoms with E-state index in [1.807, 2.05) is 20.8 Å². The molecule has 1 N–H and O–H groups in total. The van der Waals surface area contributed by atoms with Crippen molar-refractivity contribution in [1.29, 1.82) is 0 Å². The molecule has 2 rings (SSSR count). The molecule has 1 unspecified atom stereocenters. The van der Waals surface area contributed by atoms with Gasteiger partial charge < -0.3 is 15.0 Å². The van der Waals surface area contributed by atoms with Crippen LogP contribution in [0.1, 0.15) is 40.0 Å². The summed E-state index contributed by atoms with van der Waals surface area (Å²) in [5.41, 5.74) is -0.445. The van der Waals surface area contributed by atoms with E-state index in [-0.39, 0.29) is 17.9 Å². The molecule has 2 fully saturated rings. The summed E-state index contributed by atoms with van der Waals surface area (Å²) in [4.78, 5) is 25.3. The number of hydrogen-bond donors (Lipinski definition) is 1. The Balaban J connectivity index is 1.82. The van der Waals surface area contributed by atoms with Gasteiger partial charge in [-0.05, 0) is 46.0 Å². The summed E-state index contributed by atoms with van der Waals surface area (Å²) in [5.74, 6) is 0.762. The predicted molar refractivity (Wildman–Crippen MR) is 71.6 cm³/mol. The monoisotopic (exact) mass is 268 g/mol. The number of carbonyl (C=O) groups is 2. The highest BCUT2D eigenvalue weighted by molar-refractivity contribution is 5.80. The molecule has 0 bridgehead atoms. The number of carbonyl (C=O) groups excluding carboxylic acids is 2. The maximum atomic E-state index is 11.9. The number of likely N-dealkylation sites (tertiary alicyclic amines) is 1. The first-order chi connectivity index (χ1) is 8.87. The van der Waals surface area contributed by atoms with Crippen LogP contribution >= 0.6 is 0 Å². The van der Waals surface area contributed by atoms with Gasteiger partial charge in [0.05, 0.1) is 0 Å². The average molecular weight is 268 g/mol. The molecule has 0 aliphatic carbocycles. The number of piperidine rings is 1. The minimum Gasteiger partial charge on any atom is -0.444 e. The molecule has 2 aliphatic rings. The van der Waals surface area contributed by atoms with Crippen molar-refractivity contribution < 1.29 is 14.3 Å². The summed E-state index contributed by atoms with van der Waals surface area (Å²) >= 11 is 0. The molecule has 0 spiro atoms. The van der Waals surface area contributed by atoms with E-state index in [0.717, 1.165) is 25.8 Å². The van der Waals surface area contributed by atoms with Crippen LogP contribution in [0.3, 0.4) is 0 Å². The van der Waals surface area contributed by atoms with E-state index in [1.165, 1.54) is 0 Å². The Morgan fingerprint density at radius 3 is 2.37 bits per heavy atom. The molecule has 0 radical (unpaired) electrons. The highest BCUT2D eigenvalue weighted by Gasteiger charge is 2.35. The largest absolute Gasteiger partial charge is 0.444 e. The normalized spacial score (nSPS) is 25.3. The van der Waals surface area contributed by atoms with Gasteiger partial charge in [-0.1, -0.05) is 0 Å². The van der Waals surface area contributed by atoms with E-state index < -0.39 is 5.60 Å². The molecule has 108 valence electrons. The highest BCUT2D eigenvalue weighted by atomic mass is 16.6. The Labute approximate surface area is 114 Å². The fourth-order valence-corrected chi connectivity index (χ4v) is 2.87. The number of ether oxygens (including phenoxy) is 1. The van der Waals surface area contributed by atoms with Crippen LogP contribution in [0.4, 0.5) is 4.79 Å². The first-order valence-electron chi connectivity index (χ1n) is 7.12. The molecule has 0 aromatic rings. The lowest BCUT2D eigenvalue weighted by molar-refractivity contribution is -0.124. The number of amides is 2. The Bertz CT molecular complexity index is 354. The van der Waals surface area contributed by atoms with E-state index in [4.69, 9.17) is 4.74 Å². The van der Waals surface area contributed by atoms with Gasteiger partial charge in [-0.15, -0.1) is 0 Å². The zero-order valence-electron chi connectivity index (χ0n) is 12.1. The Kier molecular flexibility index (Phi) is 4.02. The second-order valence-electron chi connectivity index (χ2n) is 6.49. The number of nitrogens with one attached hydrogen (secondary N) is 1. The van der Waals surface area contributed by atoms with Crippen molar-refractivity contribution in [3.8, 4) is 0 Å². The molecule has 19 heavy (non-hydrogen) atoms. The van der Waals surface area contributed by atoms with Crippen LogP contribution in [-0.2, 0) is 9.53 Å². The van der Waals surface area contributed by atoms with Gasteiger partial charge in [-0.3, -0.25) is 4.79 Å². The SMILES string of the molecule is CC(C)(C)OC(=O)N1CCC(C2CCNC2=O)CC1. The number of hydrogen-bond acceptors (Lipinski definition) is 3. The van der Waals surface area contributed by atoms with Crippen LogP contribution in [0.5, 0.6) is 0 Å². The lowest BCUT2D eigenvalue weighted by Crippen LogP contribution is -2.43. The van der Waals surface area contributed by atoms with Gasteiger partial charge in [0.15, 0.2) is 0 Å². The Hall–Kier alpha value is -1.26. The van der Waals surface area contributed by atoms with Crippen molar-refractivity contribution in [3.05, 3.63) is 0 Å². The maximum Gasteiger partial charge on any atom is 0.410 e. The summed E-state index contributed by atoms with van der Waals surface area (Å²) in [6, 6.07) is 0. The van der Waals surface area contributed by atoms with E-state index in [0.29, 0.717) is 19.0 Å². The Morgan fingerprint density at radius 2 is 1.89 bits per heavy atom. The van der Waals surface area contributed by atoms with Crippen molar-refractivity contribution >= 4 is 12.0 Å².